The Labute approximate surface area is 99.6 Å². The van der Waals surface area contributed by atoms with Crippen molar-refractivity contribution in [3.05, 3.63) is 35.9 Å². The lowest BCUT2D eigenvalue weighted by atomic mass is 9.85. The number of carbonyl (C=O) groups excluding carboxylic acids is 1. The Morgan fingerprint density at radius 1 is 1.35 bits per heavy atom. The van der Waals surface area contributed by atoms with Crippen LogP contribution in [0, 0.1) is 0 Å². The van der Waals surface area contributed by atoms with Crippen LogP contribution < -0.4 is 11.1 Å². The van der Waals surface area contributed by atoms with E-state index in [9.17, 15) is 14.7 Å². The predicted octanol–water partition coefficient (Wildman–Crippen LogP) is 1.43. The molecular weight excluding hydrogens is 220 g/mol. The Bertz CT molecular complexity index is 405. The van der Waals surface area contributed by atoms with Crippen LogP contribution in [0.5, 0.6) is 0 Å². The van der Waals surface area contributed by atoms with Crippen molar-refractivity contribution in [2.75, 3.05) is 0 Å². The van der Waals surface area contributed by atoms with Crippen LogP contribution in [0.3, 0.4) is 0 Å². The van der Waals surface area contributed by atoms with Gasteiger partial charge in [-0.1, -0.05) is 43.7 Å². The van der Waals surface area contributed by atoms with E-state index in [2.05, 4.69) is 5.32 Å². The van der Waals surface area contributed by atoms with Gasteiger partial charge in [-0.15, -0.1) is 0 Å². The molecule has 17 heavy (non-hydrogen) atoms. The van der Waals surface area contributed by atoms with Crippen LogP contribution in [0.15, 0.2) is 30.3 Å². The summed E-state index contributed by atoms with van der Waals surface area (Å²) in [6.45, 7) is 1.85. The molecule has 0 heterocycles. The smallest absolute Gasteiger partial charge is 0.334 e. The monoisotopic (exact) mass is 236 g/mol. The number of aliphatic carboxylic acids is 1. The fourth-order valence-corrected chi connectivity index (χ4v) is 1.87. The highest BCUT2D eigenvalue weighted by Gasteiger charge is 2.40. The van der Waals surface area contributed by atoms with Gasteiger partial charge in [0.15, 0.2) is 5.54 Å². The van der Waals surface area contributed by atoms with Crippen molar-refractivity contribution < 1.29 is 14.7 Å². The molecule has 4 N–H and O–H groups in total. The molecule has 1 unspecified atom stereocenters. The summed E-state index contributed by atoms with van der Waals surface area (Å²) in [5, 5.41) is 11.7. The van der Waals surface area contributed by atoms with Crippen LogP contribution in [-0.4, -0.2) is 17.1 Å². The number of amides is 2. The lowest BCUT2D eigenvalue weighted by molar-refractivity contribution is -0.145. The minimum Gasteiger partial charge on any atom is -0.479 e. The van der Waals surface area contributed by atoms with Crippen molar-refractivity contribution in [1.29, 1.82) is 0 Å². The number of nitrogens with one attached hydrogen (secondary N) is 1. The molecule has 2 amide bonds. The van der Waals surface area contributed by atoms with E-state index in [4.69, 9.17) is 5.73 Å². The van der Waals surface area contributed by atoms with Gasteiger partial charge < -0.3 is 16.2 Å². The number of primary amides is 1. The lowest BCUT2D eigenvalue weighted by Gasteiger charge is -2.30. The van der Waals surface area contributed by atoms with Crippen LogP contribution in [0.1, 0.15) is 25.3 Å². The van der Waals surface area contributed by atoms with Gasteiger partial charge in [0, 0.05) is 0 Å². The van der Waals surface area contributed by atoms with Gasteiger partial charge in [0.2, 0.25) is 0 Å². The zero-order valence-electron chi connectivity index (χ0n) is 9.64. The Morgan fingerprint density at radius 3 is 2.35 bits per heavy atom. The maximum atomic E-state index is 11.5. The second kappa shape index (κ2) is 5.34. The number of carbonyl (C=O) groups is 2. The Kier molecular flexibility index (Phi) is 4.09. The van der Waals surface area contributed by atoms with E-state index in [1.54, 1.807) is 30.3 Å². The molecule has 0 aliphatic heterocycles. The maximum Gasteiger partial charge on any atom is 0.334 e. The second-order valence-electron chi connectivity index (χ2n) is 3.82. The third kappa shape index (κ3) is 2.75. The van der Waals surface area contributed by atoms with Crippen LogP contribution in [0.4, 0.5) is 4.79 Å². The highest BCUT2D eigenvalue weighted by molar-refractivity contribution is 5.86. The van der Waals surface area contributed by atoms with Gasteiger partial charge >= 0.3 is 12.0 Å². The van der Waals surface area contributed by atoms with E-state index in [1.807, 2.05) is 6.92 Å². The minimum absolute atomic E-state index is 0.287. The second-order valence-corrected chi connectivity index (χ2v) is 3.82. The molecule has 5 nitrogen and oxygen atoms in total. The molecule has 0 saturated carbocycles. The largest absolute Gasteiger partial charge is 0.479 e. The number of hydrogen-bond donors (Lipinski definition) is 3. The van der Waals surface area contributed by atoms with Crippen LogP contribution in [0.2, 0.25) is 0 Å². The van der Waals surface area contributed by atoms with Gasteiger partial charge in [-0.3, -0.25) is 0 Å². The standard InChI is InChI=1S/C12H16N2O3/c1-2-8-12(10(15)16,14-11(13)17)9-6-4-3-5-7-9/h3-7H,2,8H2,1H3,(H,15,16)(H3,13,14,17). The number of carboxylic acid groups (broad SMARTS) is 1. The van der Waals surface area contributed by atoms with Gasteiger partial charge in [0.25, 0.3) is 0 Å². The van der Waals surface area contributed by atoms with E-state index in [0.29, 0.717) is 12.0 Å². The first-order valence-electron chi connectivity index (χ1n) is 5.39. The Hall–Kier alpha value is -2.04. The van der Waals surface area contributed by atoms with Gasteiger partial charge in [-0.05, 0) is 12.0 Å². The molecule has 0 spiro atoms. The molecular formula is C12H16N2O3. The number of nitrogens with two attached hydrogens (primary N) is 1. The van der Waals surface area contributed by atoms with Gasteiger partial charge in [-0.25, -0.2) is 9.59 Å². The molecule has 0 fully saturated rings. The SMILES string of the molecule is CCCC(NC(N)=O)(C(=O)O)c1ccccc1. The van der Waals surface area contributed by atoms with E-state index in [1.165, 1.54) is 0 Å². The zero-order valence-corrected chi connectivity index (χ0v) is 9.64. The maximum absolute atomic E-state index is 11.5. The summed E-state index contributed by atoms with van der Waals surface area (Å²) >= 11 is 0. The molecule has 1 atom stereocenters. The zero-order chi connectivity index (χ0) is 12.9. The quantitative estimate of drug-likeness (QED) is 0.722. The summed E-state index contributed by atoms with van der Waals surface area (Å²) in [6.07, 6.45) is 0.900. The number of hydrogen-bond acceptors (Lipinski definition) is 2. The first-order valence-corrected chi connectivity index (χ1v) is 5.39. The first kappa shape index (κ1) is 13.0. The Morgan fingerprint density at radius 2 is 1.94 bits per heavy atom. The van der Waals surface area contributed by atoms with Crippen molar-refractivity contribution in [3.8, 4) is 0 Å². The molecule has 1 aromatic rings. The van der Waals surface area contributed by atoms with Crippen molar-refractivity contribution in [1.82, 2.24) is 5.32 Å². The topological polar surface area (TPSA) is 92.4 Å². The number of carboxylic acids is 1. The summed E-state index contributed by atoms with van der Waals surface area (Å²) in [5.41, 5.74) is 4.15. The summed E-state index contributed by atoms with van der Waals surface area (Å²) < 4.78 is 0. The van der Waals surface area contributed by atoms with Gasteiger partial charge in [0.05, 0.1) is 0 Å². The molecule has 0 radical (unpaired) electrons. The molecule has 1 rings (SSSR count). The fraction of sp³-hybridized carbons (Fsp3) is 0.333. The molecule has 0 bridgehead atoms. The minimum atomic E-state index is -1.44. The predicted molar refractivity (Wildman–Crippen MR) is 63.4 cm³/mol. The number of urea groups is 1. The molecule has 0 aliphatic carbocycles. The summed E-state index contributed by atoms with van der Waals surface area (Å²) in [5.74, 6) is -1.11. The number of rotatable bonds is 5. The average molecular weight is 236 g/mol. The molecule has 5 heteroatoms. The molecule has 0 aromatic heterocycles. The van der Waals surface area contributed by atoms with E-state index >= 15 is 0 Å². The molecule has 0 saturated heterocycles. The Balaban J connectivity index is 3.24. The van der Waals surface area contributed by atoms with E-state index in [-0.39, 0.29) is 6.42 Å². The van der Waals surface area contributed by atoms with Crippen LogP contribution >= 0.6 is 0 Å². The lowest BCUT2D eigenvalue weighted by Crippen LogP contribution is -2.53. The fourth-order valence-electron chi connectivity index (χ4n) is 1.87. The average Bonchev–Trinajstić information content (AvgIpc) is 2.28. The molecule has 92 valence electrons. The van der Waals surface area contributed by atoms with Crippen molar-refractivity contribution >= 4 is 12.0 Å². The molecule has 0 aliphatic rings. The number of benzene rings is 1. The summed E-state index contributed by atoms with van der Waals surface area (Å²) in [7, 11) is 0. The van der Waals surface area contributed by atoms with Crippen molar-refractivity contribution in [2.24, 2.45) is 5.73 Å². The van der Waals surface area contributed by atoms with Crippen molar-refractivity contribution in [2.45, 2.75) is 25.3 Å². The normalized spacial score (nSPS) is 13.7. The molecule has 1 aromatic carbocycles. The third-order valence-electron chi connectivity index (χ3n) is 2.59. The van der Waals surface area contributed by atoms with Gasteiger partial charge in [0.1, 0.15) is 0 Å². The van der Waals surface area contributed by atoms with Crippen molar-refractivity contribution in [3.63, 3.8) is 0 Å². The van der Waals surface area contributed by atoms with Crippen LogP contribution in [-0.2, 0) is 10.3 Å². The van der Waals surface area contributed by atoms with E-state index < -0.39 is 17.5 Å². The van der Waals surface area contributed by atoms with Crippen LogP contribution in [0.25, 0.3) is 0 Å². The third-order valence-corrected chi connectivity index (χ3v) is 2.59. The highest BCUT2D eigenvalue weighted by atomic mass is 16.4. The highest BCUT2D eigenvalue weighted by Crippen LogP contribution is 2.26. The summed E-state index contributed by atoms with van der Waals surface area (Å²) in [6, 6.07) is 7.73. The van der Waals surface area contributed by atoms with Gasteiger partial charge in [-0.2, -0.15) is 0 Å². The first-order chi connectivity index (χ1) is 8.03. The summed E-state index contributed by atoms with van der Waals surface area (Å²) in [4.78, 5) is 22.5. The van der Waals surface area contributed by atoms with E-state index in [0.717, 1.165) is 0 Å².